The number of carbonyl (C=O) groups excluding carboxylic acids is 1. The van der Waals surface area contributed by atoms with E-state index in [4.69, 9.17) is 4.43 Å². The Kier molecular flexibility index (Phi) is 4.49. The predicted molar refractivity (Wildman–Crippen MR) is 119 cm³/mol. The van der Waals surface area contributed by atoms with Crippen LogP contribution in [0.5, 0.6) is 0 Å². The van der Waals surface area contributed by atoms with E-state index in [0.29, 0.717) is 13.0 Å². The van der Waals surface area contributed by atoms with Crippen LogP contribution in [0.3, 0.4) is 0 Å². The van der Waals surface area contributed by atoms with E-state index in [1.54, 1.807) is 0 Å². The van der Waals surface area contributed by atoms with E-state index >= 15 is 0 Å². The number of benzene rings is 2. The molecule has 1 aliphatic carbocycles. The number of fused-ring (bicyclic) bond motifs is 3. The zero-order chi connectivity index (χ0) is 21.1. The first-order valence-electron chi connectivity index (χ1n) is 11.0. The van der Waals surface area contributed by atoms with Gasteiger partial charge in [0.05, 0.1) is 18.7 Å². The Morgan fingerprint density at radius 2 is 1.63 bits per heavy atom. The molecular formula is C25H30FNO2Si. The minimum atomic E-state index is -2.70. The normalized spacial score (nSPS) is 30.3. The van der Waals surface area contributed by atoms with E-state index in [2.05, 4.69) is 69.3 Å². The second-order valence-electron chi connectivity index (χ2n) is 10.3. The van der Waals surface area contributed by atoms with Crippen LogP contribution in [0.25, 0.3) is 0 Å². The minimum absolute atomic E-state index is 0.0975. The smallest absolute Gasteiger partial charge is 0.261 e. The van der Waals surface area contributed by atoms with Crippen molar-refractivity contribution in [3.05, 3.63) is 60.7 Å². The standard InChI is InChI=1S/C25H30FNO2Si/c1-24(2,3)30(19-10-6-4-7-11-19,20-12-8-5-9-13-20)29-17-25-15-18(26)16-27(25)23(28)21-14-22(21)25/h4-13,18,21-22H,14-17H2,1-3H3/t18-,21?,22?,25+/m1/s1. The lowest BCUT2D eigenvalue weighted by atomic mass is 9.92. The van der Waals surface area contributed by atoms with E-state index in [0.717, 1.165) is 6.42 Å². The highest BCUT2D eigenvalue weighted by Crippen LogP contribution is 2.61. The average Bonchev–Trinajstić information content (AvgIpc) is 3.41. The second-order valence-corrected chi connectivity index (χ2v) is 14.6. The van der Waals surface area contributed by atoms with Gasteiger partial charge in [0, 0.05) is 12.3 Å². The summed E-state index contributed by atoms with van der Waals surface area (Å²) in [6, 6.07) is 21.0. The molecule has 2 aromatic carbocycles. The van der Waals surface area contributed by atoms with Gasteiger partial charge in [0.1, 0.15) is 6.17 Å². The van der Waals surface area contributed by atoms with Crippen molar-refractivity contribution in [2.75, 3.05) is 13.2 Å². The first-order valence-corrected chi connectivity index (χ1v) is 12.9. The van der Waals surface area contributed by atoms with Gasteiger partial charge in [0.25, 0.3) is 8.32 Å². The number of hydrogen-bond acceptors (Lipinski definition) is 2. The van der Waals surface area contributed by atoms with E-state index in [1.807, 2.05) is 17.0 Å². The van der Waals surface area contributed by atoms with Gasteiger partial charge >= 0.3 is 0 Å². The molecule has 30 heavy (non-hydrogen) atoms. The zero-order valence-corrected chi connectivity index (χ0v) is 19.0. The molecular weight excluding hydrogens is 393 g/mol. The topological polar surface area (TPSA) is 29.5 Å². The fourth-order valence-corrected chi connectivity index (χ4v) is 10.7. The molecule has 0 radical (unpaired) electrons. The Labute approximate surface area is 179 Å². The molecule has 1 saturated carbocycles. The summed E-state index contributed by atoms with van der Waals surface area (Å²) < 4.78 is 21.6. The lowest BCUT2D eigenvalue weighted by Gasteiger charge is -2.46. The highest BCUT2D eigenvalue weighted by Gasteiger charge is 2.70. The molecule has 158 valence electrons. The Bertz CT molecular complexity index is 905. The van der Waals surface area contributed by atoms with Crippen molar-refractivity contribution in [3.8, 4) is 0 Å². The molecule has 1 amide bonds. The van der Waals surface area contributed by atoms with Gasteiger partial charge in [0.2, 0.25) is 5.91 Å². The Morgan fingerprint density at radius 3 is 2.17 bits per heavy atom. The maximum absolute atomic E-state index is 14.5. The molecule has 0 aromatic heterocycles. The molecule has 3 fully saturated rings. The molecule has 2 aromatic rings. The van der Waals surface area contributed by atoms with Gasteiger partial charge in [-0.15, -0.1) is 0 Å². The van der Waals surface area contributed by atoms with Gasteiger partial charge in [-0.2, -0.15) is 0 Å². The third-order valence-corrected chi connectivity index (χ3v) is 12.5. The summed E-state index contributed by atoms with van der Waals surface area (Å²) >= 11 is 0. The number of carbonyl (C=O) groups is 1. The summed E-state index contributed by atoms with van der Waals surface area (Å²) in [7, 11) is -2.70. The van der Waals surface area contributed by atoms with Crippen LogP contribution in [0.2, 0.25) is 5.04 Å². The lowest BCUT2D eigenvalue weighted by Crippen LogP contribution is -2.68. The predicted octanol–water partition coefficient (Wildman–Crippen LogP) is 3.52. The van der Waals surface area contributed by atoms with Crippen LogP contribution in [-0.4, -0.2) is 44.0 Å². The number of nitrogens with zero attached hydrogens (tertiary/aromatic N) is 1. The fraction of sp³-hybridized carbons (Fsp3) is 0.480. The Balaban J connectivity index is 1.59. The van der Waals surface area contributed by atoms with Gasteiger partial charge < -0.3 is 9.33 Å². The number of alkyl halides is 1. The second kappa shape index (κ2) is 6.76. The summed E-state index contributed by atoms with van der Waals surface area (Å²) in [4.78, 5) is 14.6. The number of rotatable bonds is 5. The Morgan fingerprint density at radius 1 is 1.07 bits per heavy atom. The van der Waals surface area contributed by atoms with Gasteiger partial charge in [-0.05, 0) is 27.8 Å². The van der Waals surface area contributed by atoms with Crippen LogP contribution in [0, 0.1) is 11.8 Å². The molecule has 2 heterocycles. The highest BCUT2D eigenvalue weighted by molar-refractivity contribution is 6.99. The van der Waals surface area contributed by atoms with Crippen molar-refractivity contribution in [1.82, 2.24) is 4.90 Å². The van der Waals surface area contributed by atoms with E-state index in [1.165, 1.54) is 10.4 Å². The molecule has 5 heteroatoms. The summed E-state index contributed by atoms with van der Waals surface area (Å²) in [6.07, 6.45) is 0.364. The Hall–Kier alpha value is -1.98. The monoisotopic (exact) mass is 423 g/mol. The van der Waals surface area contributed by atoms with Gasteiger partial charge in [-0.1, -0.05) is 81.4 Å². The molecule has 3 nitrogen and oxygen atoms in total. The van der Waals surface area contributed by atoms with Crippen LogP contribution in [-0.2, 0) is 9.22 Å². The van der Waals surface area contributed by atoms with E-state index in [-0.39, 0.29) is 29.3 Å². The van der Waals surface area contributed by atoms with Crippen LogP contribution in [0.1, 0.15) is 33.6 Å². The third-order valence-electron chi connectivity index (χ3n) is 7.51. The molecule has 2 unspecified atom stereocenters. The van der Waals surface area contributed by atoms with Gasteiger partial charge in [-0.25, -0.2) is 4.39 Å². The average molecular weight is 424 g/mol. The highest BCUT2D eigenvalue weighted by atomic mass is 28.4. The van der Waals surface area contributed by atoms with Gasteiger partial charge in [-0.3, -0.25) is 4.79 Å². The third kappa shape index (κ3) is 2.75. The molecule has 4 atom stereocenters. The van der Waals surface area contributed by atoms with Crippen LogP contribution >= 0.6 is 0 Å². The molecule has 5 rings (SSSR count). The van der Waals surface area contributed by atoms with Gasteiger partial charge in [0.15, 0.2) is 0 Å². The van der Waals surface area contributed by atoms with Crippen LogP contribution < -0.4 is 10.4 Å². The quantitative estimate of drug-likeness (QED) is 0.689. The fourth-order valence-electron chi connectivity index (χ4n) is 6.10. The maximum Gasteiger partial charge on any atom is 0.261 e. The van der Waals surface area contributed by atoms with Crippen LogP contribution in [0.4, 0.5) is 4.39 Å². The summed E-state index contributed by atoms with van der Waals surface area (Å²) in [5.74, 6) is 0.496. The number of halogens is 1. The van der Waals surface area contributed by atoms with Crippen molar-refractivity contribution in [3.63, 3.8) is 0 Å². The van der Waals surface area contributed by atoms with Crippen molar-refractivity contribution in [1.29, 1.82) is 0 Å². The minimum Gasteiger partial charge on any atom is -0.405 e. The molecule has 3 aliphatic rings. The molecule has 0 bridgehead atoms. The van der Waals surface area contributed by atoms with E-state index < -0.39 is 20.0 Å². The van der Waals surface area contributed by atoms with E-state index in [9.17, 15) is 9.18 Å². The first-order chi connectivity index (χ1) is 14.3. The first kappa shape index (κ1) is 19.9. The number of hydrogen-bond donors (Lipinski definition) is 0. The van der Waals surface area contributed by atoms with Crippen molar-refractivity contribution in [2.24, 2.45) is 11.8 Å². The molecule has 0 N–H and O–H groups in total. The summed E-state index contributed by atoms with van der Waals surface area (Å²) in [5.41, 5.74) is -0.464. The summed E-state index contributed by atoms with van der Waals surface area (Å²) in [5, 5.41) is 2.31. The SMILES string of the molecule is CC(C)(C)[Si](OC[C@]12C[C@@H](F)CN1C(=O)C1CC12)(c1ccccc1)c1ccccc1. The molecule has 0 spiro atoms. The van der Waals surface area contributed by atoms with Crippen LogP contribution in [0.15, 0.2) is 60.7 Å². The van der Waals surface area contributed by atoms with Crippen molar-refractivity contribution < 1.29 is 13.6 Å². The summed E-state index contributed by atoms with van der Waals surface area (Å²) in [6.45, 7) is 7.41. The molecule has 2 saturated heterocycles. The lowest BCUT2D eigenvalue weighted by molar-refractivity contribution is -0.133. The number of piperidine rings is 1. The maximum atomic E-state index is 14.5. The largest absolute Gasteiger partial charge is 0.405 e. The zero-order valence-electron chi connectivity index (χ0n) is 18.0. The number of amides is 1. The van der Waals surface area contributed by atoms with Crippen molar-refractivity contribution >= 4 is 24.6 Å². The van der Waals surface area contributed by atoms with Crippen molar-refractivity contribution in [2.45, 2.75) is 50.4 Å². The molecule has 2 aliphatic heterocycles.